The van der Waals surface area contributed by atoms with E-state index in [9.17, 15) is 9.59 Å². The summed E-state index contributed by atoms with van der Waals surface area (Å²) in [6, 6.07) is 13.1. The van der Waals surface area contributed by atoms with E-state index in [1.54, 1.807) is 6.07 Å². The van der Waals surface area contributed by atoms with Gasteiger partial charge in [0.2, 0.25) is 0 Å². The van der Waals surface area contributed by atoms with Gasteiger partial charge in [-0.2, -0.15) is 0 Å². The van der Waals surface area contributed by atoms with E-state index in [-0.39, 0.29) is 25.1 Å². The number of likely N-dealkylation sites (N-methyl/N-ethyl adjacent to an activating group) is 2. The Morgan fingerprint density at radius 1 is 1.27 bits per heavy atom. The van der Waals surface area contributed by atoms with Gasteiger partial charge in [0.1, 0.15) is 6.10 Å². The minimum atomic E-state index is -1.02. The second kappa shape index (κ2) is 14.3. The van der Waals surface area contributed by atoms with Crippen molar-refractivity contribution in [1.29, 1.82) is 0 Å². The summed E-state index contributed by atoms with van der Waals surface area (Å²) >= 11 is 6.26. The van der Waals surface area contributed by atoms with Crippen LogP contribution in [0.25, 0.3) is 0 Å². The standard InChI is InChI=1S/C28H38ClN3O5/c1-19-9-10-22(27(33)31-17-24(30-2)14-20-6-5-12-36-18-20)16-25(19)26(21-7-4-8-23(29)15-21)37-13-11-32(3)28(34)35/h4,7-10,15-16,20,24,26,30H,5-6,11-14,17-18H2,1-3H3,(H,31,33)(H,34,35)/t20-,24+,26-/m1/s1. The zero-order valence-corrected chi connectivity index (χ0v) is 22.6. The van der Waals surface area contributed by atoms with Crippen LogP contribution in [0, 0.1) is 12.8 Å². The number of rotatable bonds is 12. The number of carbonyl (C=O) groups excluding carboxylic acids is 1. The van der Waals surface area contributed by atoms with Gasteiger partial charge in [-0.15, -0.1) is 0 Å². The number of carboxylic acid groups (broad SMARTS) is 1. The summed E-state index contributed by atoms with van der Waals surface area (Å²) < 4.78 is 11.8. The van der Waals surface area contributed by atoms with Gasteiger partial charge >= 0.3 is 6.09 Å². The van der Waals surface area contributed by atoms with E-state index in [4.69, 9.17) is 26.2 Å². The first kappa shape index (κ1) is 28.9. The van der Waals surface area contributed by atoms with Crippen LogP contribution in [0.5, 0.6) is 0 Å². The molecule has 3 rings (SSSR count). The second-order valence-electron chi connectivity index (χ2n) is 9.60. The van der Waals surface area contributed by atoms with E-state index in [0.29, 0.717) is 23.0 Å². The van der Waals surface area contributed by atoms with Gasteiger partial charge < -0.3 is 30.1 Å². The number of ether oxygens (including phenoxy) is 2. The van der Waals surface area contributed by atoms with Crippen molar-refractivity contribution in [2.24, 2.45) is 5.92 Å². The molecule has 1 heterocycles. The highest BCUT2D eigenvalue weighted by atomic mass is 35.5. The summed E-state index contributed by atoms with van der Waals surface area (Å²) in [7, 11) is 3.41. The van der Waals surface area contributed by atoms with Gasteiger partial charge in [-0.05, 0) is 80.1 Å². The zero-order valence-electron chi connectivity index (χ0n) is 21.8. The van der Waals surface area contributed by atoms with Crippen LogP contribution in [0.3, 0.4) is 0 Å². The van der Waals surface area contributed by atoms with E-state index in [2.05, 4.69) is 10.6 Å². The van der Waals surface area contributed by atoms with Gasteiger partial charge in [0.05, 0.1) is 6.61 Å². The Balaban J connectivity index is 1.74. The Morgan fingerprint density at radius 2 is 2.08 bits per heavy atom. The molecule has 1 aliphatic rings. The van der Waals surface area contributed by atoms with Crippen LogP contribution < -0.4 is 10.6 Å². The molecule has 2 aromatic rings. The van der Waals surface area contributed by atoms with Crippen LogP contribution in [-0.4, -0.2) is 75.1 Å². The Kier molecular flexibility index (Phi) is 11.2. The molecule has 3 N–H and O–H groups in total. The number of nitrogens with one attached hydrogen (secondary N) is 2. The lowest BCUT2D eigenvalue weighted by Crippen LogP contribution is -2.41. The van der Waals surface area contributed by atoms with Crippen molar-refractivity contribution in [3.63, 3.8) is 0 Å². The summed E-state index contributed by atoms with van der Waals surface area (Å²) in [4.78, 5) is 25.5. The van der Waals surface area contributed by atoms with Crippen molar-refractivity contribution in [3.05, 3.63) is 69.7 Å². The van der Waals surface area contributed by atoms with Crippen molar-refractivity contribution in [1.82, 2.24) is 15.5 Å². The molecular formula is C28H38ClN3O5. The van der Waals surface area contributed by atoms with Crippen LogP contribution in [0.15, 0.2) is 42.5 Å². The van der Waals surface area contributed by atoms with Gasteiger partial charge in [-0.3, -0.25) is 4.79 Å². The average molecular weight is 532 g/mol. The van der Waals surface area contributed by atoms with Crippen LogP contribution in [0.4, 0.5) is 4.79 Å². The predicted molar refractivity (Wildman–Crippen MR) is 144 cm³/mol. The van der Waals surface area contributed by atoms with E-state index in [1.807, 2.05) is 50.4 Å². The number of aryl methyl sites for hydroxylation is 1. The first-order valence-electron chi connectivity index (χ1n) is 12.7. The molecule has 0 radical (unpaired) electrons. The summed E-state index contributed by atoms with van der Waals surface area (Å²) in [5, 5.41) is 16.1. The third kappa shape index (κ3) is 8.71. The number of nitrogens with zero attached hydrogens (tertiary/aromatic N) is 1. The quantitative estimate of drug-likeness (QED) is 0.373. The molecule has 1 aliphatic heterocycles. The molecule has 1 saturated heterocycles. The van der Waals surface area contributed by atoms with Gasteiger partial charge in [-0.25, -0.2) is 4.79 Å². The maximum absolute atomic E-state index is 13.1. The fourth-order valence-electron chi connectivity index (χ4n) is 4.52. The lowest BCUT2D eigenvalue weighted by Gasteiger charge is -2.26. The van der Waals surface area contributed by atoms with Crippen molar-refractivity contribution in [2.45, 2.75) is 38.3 Å². The maximum atomic E-state index is 13.1. The highest BCUT2D eigenvalue weighted by Crippen LogP contribution is 2.31. The minimum absolute atomic E-state index is 0.156. The average Bonchev–Trinajstić information content (AvgIpc) is 2.89. The monoisotopic (exact) mass is 531 g/mol. The molecule has 2 amide bonds. The van der Waals surface area contributed by atoms with Gasteiger partial charge in [0, 0.05) is 50.0 Å². The number of halogens is 1. The largest absolute Gasteiger partial charge is 0.465 e. The molecule has 0 spiro atoms. The number of hydrogen-bond donors (Lipinski definition) is 3. The number of benzene rings is 2. The highest BCUT2D eigenvalue weighted by molar-refractivity contribution is 6.30. The van der Waals surface area contributed by atoms with Crippen LogP contribution in [0.2, 0.25) is 5.02 Å². The van der Waals surface area contributed by atoms with Crippen LogP contribution >= 0.6 is 11.6 Å². The normalized spacial score (nSPS) is 17.1. The van der Waals surface area contributed by atoms with Crippen molar-refractivity contribution in [3.8, 4) is 0 Å². The molecular weight excluding hydrogens is 494 g/mol. The third-order valence-electron chi connectivity index (χ3n) is 6.80. The molecule has 202 valence electrons. The summed E-state index contributed by atoms with van der Waals surface area (Å²) in [5.74, 6) is 0.349. The molecule has 9 heteroatoms. The van der Waals surface area contributed by atoms with E-state index < -0.39 is 12.2 Å². The topological polar surface area (TPSA) is 100 Å². The molecule has 3 atom stereocenters. The first-order valence-corrected chi connectivity index (χ1v) is 13.1. The van der Waals surface area contributed by atoms with E-state index >= 15 is 0 Å². The molecule has 0 bridgehead atoms. The summed E-state index contributed by atoms with van der Waals surface area (Å²) in [6.45, 7) is 4.49. The Labute approximate surface area is 224 Å². The van der Waals surface area contributed by atoms with Crippen molar-refractivity contribution < 1.29 is 24.2 Å². The summed E-state index contributed by atoms with van der Waals surface area (Å²) in [5.41, 5.74) is 3.15. The minimum Gasteiger partial charge on any atom is -0.465 e. The SMILES string of the molecule is CN[C@H](CNC(=O)c1ccc(C)c([C@H](OCCN(C)C(=O)O)c2cccc(Cl)c2)c1)C[C@H]1CCCOC1. The van der Waals surface area contributed by atoms with Crippen LogP contribution in [0.1, 0.15) is 52.4 Å². The first-order chi connectivity index (χ1) is 17.8. The number of hydrogen-bond acceptors (Lipinski definition) is 5. The smallest absolute Gasteiger partial charge is 0.407 e. The molecule has 1 fully saturated rings. The fourth-order valence-corrected chi connectivity index (χ4v) is 4.72. The molecule has 37 heavy (non-hydrogen) atoms. The molecule has 0 saturated carbocycles. The molecule has 0 unspecified atom stereocenters. The molecule has 0 aliphatic carbocycles. The number of carbonyl (C=O) groups is 2. The predicted octanol–water partition coefficient (Wildman–Crippen LogP) is 4.50. The van der Waals surface area contributed by atoms with Gasteiger partial charge in [0.25, 0.3) is 5.91 Å². The molecule has 0 aromatic heterocycles. The van der Waals surface area contributed by atoms with Crippen molar-refractivity contribution >= 4 is 23.6 Å². The fraction of sp³-hybridized carbons (Fsp3) is 0.500. The van der Waals surface area contributed by atoms with E-state index in [1.165, 1.54) is 11.9 Å². The van der Waals surface area contributed by atoms with Gasteiger partial charge in [0.15, 0.2) is 0 Å². The Bertz CT molecular complexity index is 1040. The zero-order chi connectivity index (χ0) is 26.8. The number of amides is 2. The maximum Gasteiger partial charge on any atom is 0.407 e. The van der Waals surface area contributed by atoms with Crippen LogP contribution in [-0.2, 0) is 9.47 Å². The van der Waals surface area contributed by atoms with Gasteiger partial charge in [-0.1, -0.05) is 29.8 Å². The van der Waals surface area contributed by atoms with Crippen molar-refractivity contribution in [2.75, 3.05) is 47.0 Å². The molecule has 8 nitrogen and oxygen atoms in total. The summed E-state index contributed by atoms with van der Waals surface area (Å²) in [6.07, 6.45) is 1.66. The van der Waals surface area contributed by atoms with E-state index in [0.717, 1.165) is 49.2 Å². The molecule has 2 aromatic carbocycles. The second-order valence-corrected chi connectivity index (χ2v) is 10.0. The highest BCUT2D eigenvalue weighted by Gasteiger charge is 2.22. The Morgan fingerprint density at radius 3 is 2.76 bits per heavy atom. The Hall–Kier alpha value is -2.65. The third-order valence-corrected chi connectivity index (χ3v) is 7.04. The lowest BCUT2D eigenvalue weighted by atomic mass is 9.94. The lowest BCUT2D eigenvalue weighted by molar-refractivity contribution is 0.0478.